The van der Waals surface area contributed by atoms with Crippen LogP contribution in [0.3, 0.4) is 0 Å². The van der Waals surface area contributed by atoms with Crippen molar-refractivity contribution in [2.45, 2.75) is 12.5 Å². The van der Waals surface area contributed by atoms with Crippen molar-refractivity contribution < 1.29 is 13.9 Å². The standard InChI is InChI=1S/C16H14FN3O2/c17-12-3-1-11(2-4-12)9-14-6-5-13(22-14)7-8-15(21)16-18-10-19-20-16/h1-8,10,15,21H,9H2,(H,18,19,20). The number of aromatic nitrogens is 3. The summed E-state index contributed by atoms with van der Waals surface area (Å²) in [6.07, 6.45) is 4.27. The molecule has 6 heteroatoms. The molecule has 3 aromatic rings. The Morgan fingerprint density at radius 1 is 1.23 bits per heavy atom. The molecule has 0 saturated carbocycles. The lowest BCUT2D eigenvalue weighted by Gasteiger charge is -1.99. The maximum absolute atomic E-state index is 12.9. The maximum Gasteiger partial charge on any atom is 0.157 e. The van der Waals surface area contributed by atoms with Gasteiger partial charge < -0.3 is 9.52 Å². The first-order chi connectivity index (χ1) is 10.7. The lowest BCUT2D eigenvalue weighted by atomic mass is 10.1. The molecular weight excluding hydrogens is 285 g/mol. The summed E-state index contributed by atoms with van der Waals surface area (Å²) in [6, 6.07) is 9.95. The van der Waals surface area contributed by atoms with Crippen LogP contribution in [0.25, 0.3) is 6.08 Å². The predicted octanol–water partition coefficient (Wildman–Crippen LogP) is 2.87. The van der Waals surface area contributed by atoms with Gasteiger partial charge in [-0.05, 0) is 42.0 Å². The minimum atomic E-state index is -0.867. The highest BCUT2D eigenvalue weighted by molar-refractivity contribution is 5.44. The van der Waals surface area contributed by atoms with E-state index in [0.29, 0.717) is 18.0 Å². The van der Waals surface area contributed by atoms with Crippen molar-refractivity contribution in [2.75, 3.05) is 0 Å². The van der Waals surface area contributed by atoms with E-state index in [9.17, 15) is 9.50 Å². The quantitative estimate of drug-likeness (QED) is 0.759. The fraction of sp³-hybridized carbons (Fsp3) is 0.125. The molecule has 0 aliphatic rings. The molecule has 3 rings (SSSR count). The molecule has 1 unspecified atom stereocenters. The number of aromatic amines is 1. The summed E-state index contributed by atoms with van der Waals surface area (Å²) in [5.41, 5.74) is 0.966. The Labute approximate surface area is 126 Å². The van der Waals surface area contributed by atoms with E-state index >= 15 is 0 Å². The summed E-state index contributed by atoms with van der Waals surface area (Å²) in [4.78, 5) is 3.87. The van der Waals surface area contributed by atoms with E-state index in [1.54, 1.807) is 24.3 Å². The third kappa shape index (κ3) is 3.48. The minimum absolute atomic E-state index is 0.256. The van der Waals surface area contributed by atoms with Crippen molar-refractivity contribution >= 4 is 6.08 Å². The van der Waals surface area contributed by atoms with Gasteiger partial charge in [-0.1, -0.05) is 12.1 Å². The fourth-order valence-corrected chi connectivity index (χ4v) is 2.02. The summed E-state index contributed by atoms with van der Waals surface area (Å²) < 4.78 is 18.5. The number of furan rings is 1. The molecule has 2 heterocycles. The Morgan fingerprint density at radius 3 is 2.77 bits per heavy atom. The Balaban J connectivity index is 1.64. The first kappa shape index (κ1) is 14.2. The van der Waals surface area contributed by atoms with Crippen LogP contribution < -0.4 is 0 Å². The molecule has 0 aliphatic heterocycles. The van der Waals surface area contributed by atoms with E-state index in [1.807, 2.05) is 12.1 Å². The number of nitrogens with zero attached hydrogens (tertiary/aromatic N) is 2. The molecule has 2 aromatic heterocycles. The molecular formula is C16H14FN3O2. The number of aliphatic hydroxyl groups is 1. The van der Waals surface area contributed by atoms with Crippen LogP contribution in [-0.4, -0.2) is 20.3 Å². The van der Waals surface area contributed by atoms with Crippen molar-refractivity contribution in [3.63, 3.8) is 0 Å². The van der Waals surface area contributed by atoms with Gasteiger partial charge in [-0.3, -0.25) is 5.10 Å². The van der Waals surface area contributed by atoms with Gasteiger partial charge in [0.2, 0.25) is 0 Å². The molecule has 2 N–H and O–H groups in total. The number of H-pyrrole nitrogens is 1. The number of hydrogen-bond acceptors (Lipinski definition) is 4. The third-order valence-electron chi connectivity index (χ3n) is 3.13. The molecule has 22 heavy (non-hydrogen) atoms. The molecule has 0 bridgehead atoms. The molecule has 1 aromatic carbocycles. The highest BCUT2D eigenvalue weighted by atomic mass is 19.1. The monoisotopic (exact) mass is 299 g/mol. The highest BCUT2D eigenvalue weighted by Crippen LogP contribution is 2.16. The molecule has 0 saturated heterocycles. The minimum Gasteiger partial charge on any atom is -0.461 e. The Kier molecular flexibility index (Phi) is 4.11. The van der Waals surface area contributed by atoms with E-state index in [1.165, 1.54) is 18.5 Å². The summed E-state index contributed by atoms with van der Waals surface area (Å²) in [6.45, 7) is 0. The van der Waals surface area contributed by atoms with Crippen molar-refractivity contribution in [2.24, 2.45) is 0 Å². The normalized spacial score (nSPS) is 12.8. The van der Waals surface area contributed by atoms with Crippen LogP contribution in [0, 0.1) is 5.82 Å². The van der Waals surface area contributed by atoms with Gasteiger partial charge in [-0.25, -0.2) is 9.37 Å². The van der Waals surface area contributed by atoms with Gasteiger partial charge in [0, 0.05) is 6.42 Å². The van der Waals surface area contributed by atoms with Gasteiger partial charge in [0.15, 0.2) is 5.82 Å². The van der Waals surface area contributed by atoms with Gasteiger partial charge >= 0.3 is 0 Å². The van der Waals surface area contributed by atoms with Crippen molar-refractivity contribution in [1.29, 1.82) is 0 Å². The second-order valence-corrected chi connectivity index (χ2v) is 4.78. The van der Waals surface area contributed by atoms with Crippen LogP contribution in [-0.2, 0) is 6.42 Å². The van der Waals surface area contributed by atoms with Crippen molar-refractivity contribution in [1.82, 2.24) is 15.2 Å². The van der Waals surface area contributed by atoms with E-state index in [4.69, 9.17) is 4.42 Å². The molecule has 0 fully saturated rings. The second kappa shape index (κ2) is 6.36. The molecule has 0 radical (unpaired) electrons. The zero-order valence-corrected chi connectivity index (χ0v) is 11.6. The number of hydrogen-bond donors (Lipinski definition) is 2. The second-order valence-electron chi connectivity index (χ2n) is 4.78. The Bertz CT molecular complexity index is 748. The van der Waals surface area contributed by atoms with E-state index in [-0.39, 0.29) is 5.82 Å². The van der Waals surface area contributed by atoms with E-state index in [2.05, 4.69) is 15.2 Å². The van der Waals surface area contributed by atoms with E-state index in [0.717, 1.165) is 11.3 Å². The predicted molar refractivity (Wildman–Crippen MR) is 78.3 cm³/mol. The lowest BCUT2D eigenvalue weighted by molar-refractivity contribution is 0.219. The van der Waals surface area contributed by atoms with Crippen LogP contribution in [0.15, 0.2) is 53.2 Å². The lowest BCUT2D eigenvalue weighted by Crippen LogP contribution is -1.95. The number of halogens is 1. The summed E-state index contributed by atoms with van der Waals surface area (Å²) >= 11 is 0. The van der Waals surface area contributed by atoms with Crippen LogP contribution in [0.4, 0.5) is 4.39 Å². The Hall–Kier alpha value is -2.73. The van der Waals surface area contributed by atoms with Crippen LogP contribution in [0.1, 0.15) is 29.0 Å². The molecule has 1 atom stereocenters. The average Bonchev–Trinajstić information content (AvgIpc) is 3.19. The molecule has 0 spiro atoms. The van der Waals surface area contributed by atoms with Gasteiger partial charge in [-0.15, -0.1) is 0 Å². The average molecular weight is 299 g/mol. The zero-order chi connectivity index (χ0) is 15.4. The summed E-state index contributed by atoms with van der Waals surface area (Å²) in [5.74, 6) is 1.50. The van der Waals surface area contributed by atoms with Gasteiger partial charge in [0.25, 0.3) is 0 Å². The third-order valence-corrected chi connectivity index (χ3v) is 3.13. The molecule has 0 amide bonds. The van der Waals surface area contributed by atoms with Gasteiger partial charge in [0.05, 0.1) is 0 Å². The summed E-state index contributed by atoms with van der Waals surface area (Å²) in [7, 11) is 0. The first-order valence-corrected chi connectivity index (χ1v) is 6.75. The molecule has 112 valence electrons. The number of rotatable bonds is 5. The largest absolute Gasteiger partial charge is 0.461 e. The Morgan fingerprint density at radius 2 is 2.05 bits per heavy atom. The van der Waals surface area contributed by atoms with Crippen LogP contribution in [0.5, 0.6) is 0 Å². The van der Waals surface area contributed by atoms with E-state index < -0.39 is 6.10 Å². The van der Waals surface area contributed by atoms with Crippen LogP contribution >= 0.6 is 0 Å². The molecule has 0 aliphatic carbocycles. The van der Waals surface area contributed by atoms with Gasteiger partial charge in [-0.2, -0.15) is 5.10 Å². The summed E-state index contributed by atoms with van der Waals surface area (Å²) in [5, 5.41) is 16.1. The smallest absolute Gasteiger partial charge is 0.157 e. The van der Waals surface area contributed by atoms with Gasteiger partial charge in [0.1, 0.15) is 29.8 Å². The fourth-order valence-electron chi connectivity index (χ4n) is 2.02. The first-order valence-electron chi connectivity index (χ1n) is 6.75. The van der Waals surface area contributed by atoms with Crippen LogP contribution in [0.2, 0.25) is 0 Å². The van der Waals surface area contributed by atoms with Crippen molar-refractivity contribution in [3.8, 4) is 0 Å². The number of aliphatic hydroxyl groups excluding tert-OH is 1. The maximum atomic E-state index is 12.9. The SMILES string of the molecule is OC(C=Cc1ccc(Cc2ccc(F)cc2)o1)c1ncn[nH]1. The zero-order valence-electron chi connectivity index (χ0n) is 11.6. The molecule has 5 nitrogen and oxygen atoms in total. The highest BCUT2D eigenvalue weighted by Gasteiger charge is 2.07. The number of benzene rings is 1. The topological polar surface area (TPSA) is 74.9 Å². The number of nitrogens with one attached hydrogen (secondary N) is 1. The van der Waals surface area contributed by atoms with Crippen molar-refractivity contribution in [3.05, 3.63) is 77.5 Å².